The second kappa shape index (κ2) is 12.3. The first-order chi connectivity index (χ1) is 16.7. The van der Waals surface area contributed by atoms with Crippen molar-refractivity contribution in [1.29, 1.82) is 0 Å². The number of aromatic nitrogens is 2. The van der Waals surface area contributed by atoms with Crippen LogP contribution in [0, 0.1) is 5.92 Å². The van der Waals surface area contributed by atoms with Gasteiger partial charge >= 0.3 is 5.97 Å². The van der Waals surface area contributed by atoms with Gasteiger partial charge in [0, 0.05) is 16.8 Å². The minimum Gasteiger partial charge on any atom is -0.480 e. The van der Waals surface area contributed by atoms with Gasteiger partial charge in [-0.3, -0.25) is 9.59 Å². The second-order valence-corrected chi connectivity index (χ2v) is 9.98. The lowest BCUT2D eigenvalue weighted by Gasteiger charge is -2.19. The Labute approximate surface area is 211 Å². The zero-order valence-electron chi connectivity index (χ0n) is 20.7. The first-order valence-electron chi connectivity index (χ1n) is 12.1. The summed E-state index contributed by atoms with van der Waals surface area (Å²) in [5.74, 6) is -0.910. The molecule has 1 aliphatic rings. The van der Waals surface area contributed by atoms with E-state index in [0.717, 1.165) is 59.4 Å². The number of carboxylic acid groups (broad SMARTS) is 1. The van der Waals surface area contributed by atoms with E-state index in [1.807, 2.05) is 48.5 Å². The molecule has 0 spiro atoms. The molecule has 35 heavy (non-hydrogen) atoms. The van der Waals surface area contributed by atoms with Crippen molar-refractivity contribution >= 4 is 28.3 Å². The van der Waals surface area contributed by atoms with Gasteiger partial charge in [-0.25, -0.2) is 4.68 Å². The smallest absolute Gasteiger partial charge is 0.320 e. The van der Waals surface area contributed by atoms with Crippen LogP contribution in [0.15, 0.2) is 53.3 Å². The van der Waals surface area contributed by atoms with Crippen LogP contribution in [0.25, 0.3) is 10.8 Å². The molecule has 0 amide bonds. The fourth-order valence-electron chi connectivity index (χ4n) is 4.20. The minimum absolute atomic E-state index is 0.0208. The molecule has 2 heterocycles. The summed E-state index contributed by atoms with van der Waals surface area (Å²) in [6.45, 7) is 5.63. The van der Waals surface area contributed by atoms with E-state index in [2.05, 4.69) is 11.9 Å². The van der Waals surface area contributed by atoms with Gasteiger partial charge in [0.1, 0.15) is 6.04 Å². The molecule has 0 bridgehead atoms. The number of nitrogens with two attached hydrogens (primary N) is 1. The summed E-state index contributed by atoms with van der Waals surface area (Å²) in [6.07, 6.45) is 3.73. The SMILES string of the molecule is CC(C)[C@H](N)C(=O)O.CN1CCCC(n2nc(Cc3ccc(Cl)cc3)c3ccccc3c2=O)CC1. The monoisotopic (exact) mass is 498 g/mol. The Morgan fingerprint density at radius 1 is 1.11 bits per heavy atom. The zero-order chi connectivity index (χ0) is 25.5. The summed E-state index contributed by atoms with van der Waals surface area (Å²) in [5, 5.41) is 15.5. The second-order valence-electron chi connectivity index (χ2n) is 9.54. The number of carbonyl (C=O) groups is 1. The standard InChI is InChI=1S/C22H24ClN3O.C5H11NO2/c1-25-13-4-5-18(12-14-25)26-22(27)20-7-3-2-6-19(20)21(24-26)15-16-8-10-17(23)11-9-16;1-3(2)4(6)5(7)8/h2-3,6-11,18H,4-5,12-15H2,1H3;3-4H,6H2,1-2H3,(H,7,8)/t;4-/m.0/s1. The van der Waals surface area contributed by atoms with Crippen LogP contribution in [0.1, 0.15) is 50.4 Å². The van der Waals surface area contributed by atoms with Gasteiger partial charge in [-0.1, -0.05) is 55.8 Å². The Hall–Kier alpha value is -2.74. The number of aliphatic carboxylic acids is 1. The fourth-order valence-corrected chi connectivity index (χ4v) is 4.33. The Kier molecular flexibility index (Phi) is 9.43. The van der Waals surface area contributed by atoms with E-state index in [-0.39, 0.29) is 17.5 Å². The van der Waals surface area contributed by atoms with Crippen LogP contribution in [0.4, 0.5) is 0 Å². The number of likely N-dealkylation sites (tertiary alicyclic amines) is 1. The molecule has 1 aromatic heterocycles. The van der Waals surface area contributed by atoms with Crippen molar-refractivity contribution in [2.75, 3.05) is 20.1 Å². The molecule has 3 aromatic rings. The number of halogens is 1. The van der Waals surface area contributed by atoms with E-state index in [1.54, 1.807) is 18.5 Å². The van der Waals surface area contributed by atoms with Crippen molar-refractivity contribution in [1.82, 2.24) is 14.7 Å². The van der Waals surface area contributed by atoms with Gasteiger partial charge in [0.15, 0.2) is 0 Å². The van der Waals surface area contributed by atoms with Crippen molar-refractivity contribution < 1.29 is 9.90 Å². The van der Waals surface area contributed by atoms with Crippen LogP contribution in [0.5, 0.6) is 0 Å². The number of nitrogens with zero attached hydrogens (tertiary/aromatic N) is 3. The molecule has 3 N–H and O–H groups in total. The van der Waals surface area contributed by atoms with Crippen molar-refractivity contribution in [3.8, 4) is 0 Å². The maximum Gasteiger partial charge on any atom is 0.320 e. The topological polar surface area (TPSA) is 101 Å². The van der Waals surface area contributed by atoms with E-state index in [1.165, 1.54) is 0 Å². The van der Waals surface area contributed by atoms with E-state index in [0.29, 0.717) is 6.42 Å². The lowest BCUT2D eigenvalue weighted by molar-refractivity contribution is -0.139. The third kappa shape index (κ3) is 7.13. The molecule has 0 saturated carbocycles. The van der Waals surface area contributed by atoms with E-state index in [4.69, 9.17) is 27.5 Å². The predicted molar refractivity (Wildman–Crippen MR) is 141 cm³/mol. The Morgan fingerprint density at radius 2 is 1.77 bits per heavy atom. The molecule has 0 radical (unpaired) electrons. The fraction of sp³-hybridized carbons (Fsp3) is 0.444. The van der Waals surface area contributed by atoms with Gasteiger partial charge in [0.05, 0.1) is 17.1 Å². The van der Waals surface area contributed by atoms with Crippen LogP contribution in [0.2, 0.25) is 5.02 Å². The maximum atomic E-state index is 13.1. The number of hydrogen-bond acceptors (Lipinski definition) is 5. The van der Waals surface area contributed by atoms with Crippen LogP contribution >= 0.6 is 11.6 Å². The van der Waals surface area contributed by atoms with Crippen LogP contribution in [0.3, 0.4) is 0 Å². The highest BCUT2D eigenvalue weighted by Crippen LogP contribution is 2.23. The maximum absolute atomic E-state index is 13.1. The molecule has 1 aliphatic heterocycles. The van der Waals surface area contributed by atoms with E-state index < -0.39 is 12.0 Å². The molecule has 8 heteroatoms. The predicted octanol–water partition coefficient (Wildman–Crippen LogP) is 4.35. The average Bonchev–Trinajstić information content (AvgIpc) is 3.06. The highest BCUT2D eigenvalue weighted by molar-refractivity contribution is 6.30. The molecule has 7 nitrogen and oxygen atoms in total. The highest BCUT2D eigenvalue weighted by atomic mass is 35.5. The Morgan fingerprint density at radius 3 is 2.37 bits per heavy atom. The van der Waals surface area contributed by atoms with Crippen molar-refractivity contribution in [3.05, 3.63) is 75.2 Å². The lowest BCUT2D eigenvalue weighted by Crippen LogP contribution is -2.34. The third-order valence-electron chi connectivity index (χ3n) is 6.46. The van der Waals surface area contributed by atoms with Crippen molar-refractivity contribution in [2.45, 2.75) is 51.6 Å². The average molecular weight is 499 g/mol. The van der Waals surface area contributed by atoms with Gasteiger partial charge in [-0.15, -0.1) is 0 Å². The summed E-state index contributed by atoms with van der Waals surface area (Å²) >= 11 is 6.02. The molecule has 1 unspecified atom stereocenters. The highest BCUT2D eigenvalue weighted by Gasteiger charge is 2.21. The van der Waals surface area contributed by atoms with Gasteiger partial charge in [0.2, 0.25) is 0 Å². The van der Waals surface area contributed by atoms with Crippen LogP contribution < -0.4 is 11.3 Å². The number of hydrogen-bond donors (Lipinski definition) is 2. The normalized spacial score (nSPS) is 17.5. The Balaban J connectivity index is 0.000000371. The van der Waals surface area contributed by atoms with Gasteiger partial charge in [-0.05, 0) is 69.1 Å². The lowest BCUT2D eigenvalue weighted by atomic mass is 10.0. The number of carboxylic acids is 1. The van der Waals surface area contributed by atoms with E-state index in [9.17, 15) is 9.59 Å². The summed E-state index contributed by atoms with van der Waals surface area (Å²) in [5.41, 5.74) is 7.28. The summed E-state index contributed by atoms with van der Waals surface area (Å²) < 4.78 is 1.76. The minimum atomic E-state index is -0.931. The van der Waals surface area contributed by atoms with Gasteiger partial charge in [-0.2, -0.15) is 5.10 Å². The van der Waals surface area contributed by atoms with Gasteiger partial charge in [0.25, 0.3) is 5.56 Å². The van der Waals surface area contributed by atoms with Gasteiger partial charge < -0.3 is 15.7 Å². The summed E-state index contributed by atoms with van der Waals surface area (Å²) in [7, 11) is 2.14. The Bertz CT molecular complexity index is 1190. The van der Waals surface area contributed by atoms with Crippen molar-refractivity contribution in [2.24, 2.45) is 11.7 Å². The summed E-state index contributed by atoms with van der Waals surface area (Å²) in [6, 6.07) is 15.1. The van der Waals surface area contributed by atoms with Crippen LogP contribution in [-0.2, 0) is 11.2 Å². The zero-order valence-corrected chi connectivity index (χ0v) is 21.4. The molecule has 1 saturated heterocycles. The third-order valence-corrected chi connectivity index (χ3v) is 6.71. The first kappa shape index (κ1) is 26.9. The molecule has 2 aromatic carbocycles. The first-order valence-corrected chi connectivity index (χ1v) is 12.5. The van der Waals surface area contributed by atoms with E-state index >= 15 is 0 Å². The summed E-state index contributed by atoms with van der Waals surface area (Å²) in [4.78, 5) is 25.5. The van der Waals surface area contributed by atoms with Crippen LogP contribution in [-0.4, -0.2) is 51.9 Å². The molecular weight excluding hydrogens is 464 g/mol. The molecule has 4 rings (SSSR count). The largest absolute Gasteiger partial charge is 0.480 e. The van der Waals surface area contributed by atoms with Crippen molar-refractivity contribution in [3.63, 3.8) is 0 Å². The number of rotatable bonds is 5. The molecular formula is C27H35ClN4O3. The molecule has 1 fully saturated rings. The molecule has 0 aliphatic carbocycles. The number of fused-ring (bicyclic) bond motifs is 1. The molecule has 2 atom stereocenters. The molecule has 188 valence electrons. The number of benzene rings is 2. The quantitative estimate of drug-likeness (QED) is 0.542.